The Morgan fingerprint density at radius 1 is 1.00 bits per heavy atom. The number of thiazole rings is 1. The molecular weight excluding hydrogens is 360 g/mol. The van der Waals surface area contributed by atoms with Crippen LogP contribution in [0.1, 0.15) is 58.2 Å². The molecule has 28 heavy (non-hydrogen) atoms. The average Bonchev–Trinajstić information content (AvgIpc) is 3.01. The van der Waals surface area contributed by atoms with E-state index in [0.29, 0.717) is 11.8 Å². The van der Waals surface area contributed by atoms with Crippen LogP contribution in [0.2, 0.25) is 0 Å². The SMILES string of the molecule is CC(C)CN=c1scc(C2(c3ccc4ccccc4c3)CCC2)n1CC(C)C. The van der Waals surface area contributed by atoms with E-state index in [-0.39, 0.29) is 5.41 Å². The maximum atomic E-state index is 4.98. The lowest BCUT2D eigenvalue weighted by Crippen LogP contribution is -2.39. The van der Waals surface area contributed by atoms with Crippen molar-refractivity contribution in [3.05, 3.63) is 63.9 Å². The smallest absolute Gasteiger partial charge is 0.184 e. The van der Waals surface area contributed by atoms with Gasteiger partial charge in [-0.25, -0.2) is 0 Å². The van der Waals surface area contributed by atoms with Crippen LogP contribution in [0.25, 0.3) is 10.8 Å². The van der Waals surface area contributed by atoms with Crippen molar-refractivity contribution in [2.24, 2.45) is 16.8 Å². The van der Waals surface area contributed by atoms with Crippen molar-refractivity contribution in [1.29, 1.82) is 0 Å². The first kappa shape index (κ1) is 19.4. The van der Waals surface area contributed by atoms with E-state index in [1.165, 1.54) is 46.1 Å². The lowest BCUT2D eigenvalue weighted by Gasteiger charge is -2.43. The monoisotopic (exact) mass is 392 g/mol. The molecule has 0 amide bonds. The van der Waals surface area contributed by atoms with Gasteiger partial charge in [0.1, 0.15) is 0 Å². The molecule has 0 radical (unpaired) electrons. The van der Waals surface area contributed by atoms with E-state index in [2.05, 4.69) is 80.1 Å². The number of hydrogen-bond acceptors (Lipinski definition) is 2. The molecule has 0 unspecified atom stereocenters. The molecule has 0 N–H and O–H groups in total. The van der Waals surface area contributed by atoms with E-state index >= 15 is 0 Å². The van der Waals surface area contributed by atoms with Crippen molar-refractivity contribution in [2.75, 3.05) is 6.54 Å². The van der Waals surface area contributed by atoms with Gasteiger partial charge in [0.2, 0.25) is 0 Å². The van der Waals surface area contributed by atoms with Gasteiger partial charge in [-0.05, 0) is 41.0 Å². The third-order valence-electron chi connectivity index (χ3n) is 5.94. The summed E-state index contributed by atoms with van der Waals surface area (Å²) in [5, 5.41) is 5.07. The Morgan fingerprint density at radius 2 is 1.75 bits per heavy atom. The highest BCUT2D eigenvalue weighted by Gasteiger charge is 2.43. The number of hydrogen-bond donors (Lipinski definition) is 0. The fourth-order valence-corrected chi connectivity index (χ4v) is 5.36. The maximum absolute atomic E-state index is 4.98. The molecular formula is C25H32N2S. The molecule has 0 aliphatic heterocycles. The zero-order valence-corrected chi connectivity index (χ0v) is 18.4. The van der Waals surface area contributed by atoms with Gasteiger partial charge in [-0.3, -0.25) is 4.99 Å². The summed E-state index contributed by atoms with van der Waals surface area (Å²) in [6, 6.07) is 15.8. The first-order valence-electron chi connectivity index (χ1n) is 10.7. The number of nitrogens with zero attached hydrogens (tertiary/aromatic N) is 2. The van der Waals surface area contributed by atoms with Gasteiger partial charge >= 0.3 is 0 Å². The van der Waals surface area contributed by atoms with Crippen LogP contribution in [0.15, 0.2) is 52.8 Å². The topological polar surface area (TPSA) is 17.3 Å². The fourth-order valence-electron chi connectivity index (χ4n) is 4.34. The Kier molecular flexibility index (Phi) is 5.46. The van der Waals surface area contributed by atoms with Crippen LogP contribution >= 0.6 is 11.3 Å². The van der Waals surface area contributed by atoms with E-state index < -0.39 is 0 Å². The fraction of sp³-hybridized carbons (Fsp3) is 0.480. The highest BCUT2D eigenvalue weighted by atomic mass is 32.1. The summed E-state index contributed by atoms with van der Waals surface area (Å²) in [7, 11) is 0. The van der Waals surface area contributed by atoms with Crippen LogP contribution in [0.5, 0.6) is 0 Å². The van der Waals surface area contributed by atoms with Crippen LogP contribution in [-0.4, -0.2) is 11.1 Å². The zero-order valence-electron chi connectivity index (χ0n) is 17.6. The van der Waals surface area contributed by atoms with Crippen molar-refractivity contribution >= 4 is 22.1 Å². The zero-order chi connectivity index (χ0) is 19.7. The molecule has 0 atom stereocenters. The van der Waals surface area contributed by atoms with E-state index in [4.69, 9.17) is 4.99 Å². The Balaban J connectivity index is 1.83. The lowest BCUT2D eigenvalue weighted by molar-refractivity contribution is 0.278. The largest absolute Gasteiger partial charge is 0.320 e. The van der Waals surface area contributed by atoms with Gasteiger partial charge in [0.15, 0.2) is 4.80 Å². The molecule has 1 aromatic heterocycles. The average molecular weight is 393 g/mol. The van der Waals surface area contributed by atoms with Crippen molar-refractivity contribution in [1.82, 2.24) is 4.57 Å². The van der Waals surface area contributed by atoms with Gasteiger partial charge < -0.3 is 4.57 Å². The minimum atomic E-state index is 0.154. The van der Waals surface area contributed by atoms with Gasteiger partial charge in [-0.15, -0.1) is 11.3 Å². The Bertz CT molecular complexity index is 1020. The number of aromatic nitrogens is 1. The molecule has 3 heteroatoms. The summed E-state index contributed by atoms with van der Waals surface area (Å²) in [4.78, 5) is 6.17. The van der Waals surface area contributed by atoms with Crippen LogP contribution in [0, 0.1) is 11.8 Å². The number of benzene rings is 2. The quantitative estimate of drug-likeness (QED) is 0.463. The van der Waals surface area contributed by atoms with Gasteiger partial charge in [-0.1, -0.05) is 76.6 Å². The van der Waals surface area contributed by atoms with E-state index in [0.717, 1.165) is 13.1 Å². The Hall–Kier alpha value is -1.87. The Morgan fingerprint density at radius 3 is 2.39 bits per heavy atom. The number of fused-ring (bicyclic) bond motifs is 1. The molecule has 3 aromatic rings. The summed E-state index contributed by atoms with van der Waals surface area (Å²) in [5.74, 6) is 1.20. The molecule has 1 saturated carbocycles. The maximum Gasteiger partial charge on any atom is 0.184 e. The molecule has 148 valence electrons. The first-order valence-corrected chi connectivity index (χ1v) is 11.6. The summed E-state index contributed by atoms with van der Waals surface area (Å²) in [6.45, 7) is 11.1. The minimum absolute atomic E-state index is 0.154. The molecule has 1 aliphatic rings. The van der Waals surface area contributed by atoms with Crippen LogP contribution in [0.4, 0.5) is 0 Å². The first-order chi connectivity index (χ1) is 13.5. The third-order valence-corrected chi connectivity index (χ3v) is 6.84. The predicted molar refractivity (Wildman–Crippen MR) is 121 cm³/mol. The molecule has 0 bridgehead atoms. The molecule has 1 aliphatic carbocycles. The van der Waals surface area contributed by atoms with Crippen LogP contribution in [-0.2, 0) is 12.0 Å². The summed E-state index contributed by atoms with van der Waals surface area (Å²) >= 11 is 1.83. The van der Waals surface area contributed by atoms with Crippen LogP contribution < -0.4 is 4.80 Å². The lowest BCUT2D eigenvalue weighted by atomic mass is 9.62. The van der Waals surface area contributed by atoms with Gasteiger partial charge in [0, 0.05) is 29.6 Å². The predicted octanol–water partition coefficient (Wildman–Crippen LogP) is 6.39. The molecule has 0 spiro atoms. The standard InChI is InChI=1S/C25H32N2S/c1-18(2)15-26-24-27(16-19(3)4)23(17-28-24)25(12-7-13-25)22-11-10-20-8-5-6-9-21(20)14-22/h5-6,8-11,14,17-19H,7,12-13,15-16H2,1-4H3. The second kappa shape index (κ2) is 7.87. The summed E-state index contributed by atoms with van der Waals surface area (Å²) < 4.78 is 2.53. The summed E-state index contributed by atoms with van der Waals surface area (Å²) in [5.41, 5.74) is 3.11. The molecule has 2 aromatic carbocycles. The third kappa shape index (κ3) is 3.57. The second-order valence-electron chi connectivity index (χ2n) is 9.14. The molecule has 2 nitrogen and oxygen atoms in total. The number of rotatable bonds is 6. The van der Waals surface area contributed by atoms with E-state index in [9.17, 15) is 0 Å². The highest BCUT2D eigenvalue weighted by Crippen LogP contribution is 2.49. The minimum Gasteiger partial charge on any atom is -0.320 e. The van der Waals surface area contributed by atoms with Crippen molar-refractivity contribution in [3.8, 4) is 0 Å². The van der Waals surface area contributed by atoms with Gasteiger partial charge in [0.25, 0.3) is 0 Å². The second-order valence-corrected chi connectivity index (χ2v) is 9.98. The van der Waals surface area contributed by atoms with Gasteiger partial charge in [-0.2, -0.15) is 0 Å². The van der Waals surface area contributed by atoms with Crippen molar-refractivity contribution in [2.45, 2.75) is 58.9 Å². The van der Waals surface area contributed by atoms with Gasteiger partial charge in [0.05, 0.1) is 0 Å². The molecule has 0 saturated heterocycles. The van der Waals surface area contributed by atoms with Crippen LogP contribution in [0.3, 0.4) is 0 Å². The summed E-state index contributed by atoms with van der Waals surface area (Å²) in [6.07, 6.45) is 3.79. The molecule has 1 heterocycles. The normalized spacial score (nSPS) is 16.9. The van der Waals surface area contributed by atoms with E-state index in [1.807, 2.05) is 11.3 Å². The van der Waals surface area contributed by atoms with Crippen molar-refractivity contribution in [3.63, 3.8) is 0 Å². The molecule has 4 rings (SSSR count). The van der Waals surface area contributed by atoms with Crippen molar-refractivity contribution < 1.29 is 0 Å². The Labute approximate surface area is 173 Å². The van der Waals surface area contributed by atoms with E-state index in [1.54, 1.807) is 0 Å². The highest BCUT2D eigenvalue weighted by molar-refractivity contribution is 7.07. The molecule has 1 fully saturated rings.